The highest BCUT2D eigenvalue weighted by Gasteiger charge is 2.33. The lowest BCUT2D eigenvalue weighted by Gasteiger charge is -2.27. The molecule has 1 aliphatic carbocycles. The van der Waals surface area contributed by atoms with Crippen molar-refractivity contribution in [2.45, 2.75) is 51.0 Å². The molecular weight excluding hydrogens is 303 g/mol. The lowest BCUT2D eigenvalue weighted by molar-refractivity contribution is -0.0479. The van der Waals surface area contributed by atoms with Crippen molar-refractivity contribution in [1.29, 1.82) is 0 Å². The molecule has 0 unspecified atom stereocenters. The fraction of sp³-hybridized carbons (Fsp3) is 1.00. The van der Waals surface area contributed by atoms with Crippen LogP contribution in [0.1, 0.15) is 45.4 Å². The molecule has 3 heteroatoms. The Kier molecular flexibility index (Phi) is 7.17. The molecule has 0 N–H and O–H groups in total. The summed E-state index contributed by atoms with van der Waals surface area (Å²) in [6, 6.07) is 0. The van der Waals surface area contributed by atoms with Crippen molar-refractivity contribution < 1.29 is 9.47 Å². The number of alkyl halides is 1. The first-order valence-corrected chi connectivity index (χ1v) is 7.63. The van der Waals surface area contributed by atoms with Crippen LogP contribution in [0.15, 0.2) is 0 Å². The Balaban J connectivity index is 2.02. The number of ether oxygens (including phenoxy) is 2. The molecule has 1 aliphatic rings. The van der Waals surface area contributed by atoms with Gasteiger partial charge in [-0.1, -0.05) is 48.8 Å². The van der Waals surface area contributed by atoms with Crippen molar-refractivity contribution in [3.63, 3.8) is 0 Å². The van der Waals surface area contributed by atoms with E-state index in [0.29, 0.717) is 0 Å². The number of rotatable bonds is 8. The van der Waals surface area contributed by atoms with Crippen LogP contribution in [0, 0.1) is 0 Å². The number of hydrogen-bond donors (Lipinski definition) is 0. The van der Waals surface area contributed by atoms with Crippen molar-refractivity contribution in [2.24, 2.45) is 0 Å². The summed E-state index contributed by atoms with van der Waals surface area (Å²) in [7, 11) is 0. The second-order valence-corrected chi connectivity index (χ2v) is 5.10. The second-order valence-electron chi connectivity index (χ2n) is 4.34. The third-order valence-corrected chi connectivity index (χ3v) is 4.43. The predicted molar refractivity (Wildman–Crippen MR) is 71.8 cm³/mol. The van der Waals surface area contributed by atoms with Gasteiger partial charge in [-0.25, -0.2) is 0 Å². The van der Waals surface area contributed by atoms with Crippen LogP contribution in [0.3, 0.4) is 0 Å². The third kappa shape index (κ3) is 5.00. The van der Waals surface area contributed by atoms with Gasteiger partial charge in [0.05, 0.1) is 18.8 Å². The lowest BCUT2D eigenvalue weighted by atomic mass is 10.1. The first-order valence-electron chi connectivity index (χ1n) is 6.11. The average Bonchev–Trinajstić information content (AvgIpc) is 2.73. The number of unbranched alkanes of at least 4 members (excludes halogenated alkanes) is 1. The van der Waals surface area contributed by atoms with E-state index < -0.39 is 0 Å². The topological polar surface area (TPSA) is 18.5 Å². The largest absolute Gasteiger partial charge is 0.379 e. The lowest BCUT2D eigenvalue weighted by Crippen LogP contribution is -2.32. The van der Waals surface area contributed by atoms with Gasteiger partial charge >= 0.3 is 0 Å². The molecule has 90 valence electrons. The Labute approximate surface area is 107 Å². The minimum absolute atomic E-state index is 0.189. The highest BCUT2D eigenvalue weighted by atomic mass is 127. The van der Waals surface area contributed by atoms with E-state index in [9.17, 15) is 0 Å². The maximum absolute atomic E-state index is 5.99. The smallest absolute Gasteiger partial charge is 0.0772 e. The van der Waals surface area contributed by atoms with Crippen molar-refractivity contribution in [2.75, 3.05) is 24.2 Å². The van der Waals surface area contributed by atoms with Crippen LogP contribution >= 0.6 is 22.6 Å². The van der Waals surface area contributed by atoms with Crippen molar-refractivity contribution in [3.05, 3.63) is 0 Å². The minimum atomic E-state index is 0.189. The van der Waals surface area contributed by atoms with Gasteiger partial charge in [0, 0.05) is 11.0 Å². The Morgan fingerprint density at radius 3 is 2.47 bits per heavy atom. The zero-order valence-electron chi connectivity index (χ0n) is 9.77. The van der Waals surface area contributed by atoms with E-state index in [0.717, 1.165) is 30.7 Å². The fourth-order valence-corrected chi connectivity index (χ4v) is 2.98. The summed E-state index contributed by atoms with van der Waals surface area (Å²) in [5.41, 5.74) is 0.189. The summed E-state index contributed by atoms with van der Waals surface area (Å²) in [5, 5.41) is 0. The molecule has 0 atom stereocenters. The van der Waals surface area contributed by atoms with Crippen LogP contribution in [0.2, 0.25) is 0 Å². The summed E-state index contributed by atoms with van der Waals surface area (Å²) < 4.78 is 12.6. The molecule has 0 aromatic rings. The molecule has 1 rings (SSSR count). The van der Waals surface area contributed by atoms with Crippen LogP contribution in [0.4, 0.5) is 0 Å². The molecule has 15 heavy (non-hydrogen) atoms. The van der Waals surface area contributed by atoms with Gasteiger partial charge in [-0.3, -0.25) is 0 Å². The Hall–Kier alpha value is 0.650. The normalized spacial score (nSPS) is 19.6. The average molecular weight is 326 g/mol. The molecule has 1 saturated carbocycles. The quantitative estimate of drug-likeness (QED) is 0.386. The summed E-state index contributed by atoms with van der Waals surface area (Å²) >= 11 is 2.45. The number of hydrogen-bond acceptors (Lipinski definition) is 2. The van der Waals surface area contributed by atoms with E-state index in [-0.39, 0.29) is 5.60 Å². The Bertz CT molecular complexity index is 156. The van der Waals surface area contributed by atoms with Gasteiger partial charge in [0.1, 0.15) is 0 Å². The molecule has 0 heterocycles. The van der Waals surface area contributed by atoms with E-state index in [4.69, 9.17) is 9.47 Å². The first kappa shape index (κ1) is 13.7. The molecule has 0 aliphatic heterocycles. The van der Waals surface area contributed by atoms with Crippen molar-refractivity contribution in [1.82, 2.24) is 0 Å². The molecule has 1 fully saturated rings. The van der Waals surface area contributed by atoms with Gasteiger partial charge in [0.25, 0.3) is 0 Å². The molecule has 0 radical (unpaired) electrons. The Morgan fingerprint density at radius 2 is 1.87 bits per heavy atom. The highest BCUT2D eigenvalue weighted by molar-refractivity contribution is 14.1. The van der Waals surface area contributed by atoms with Gasteiger partial charge in [-0.05, 0) is 19.3 Å². The van der Waals surface area contributed by atoms with Crippen molar-refractivity contribution in [3.8, 4) is 0 Å². The maximum atomic E-state index is 5.99. The summed E-state index contributed by atoms with van der Waals surface area (Å²) in [5.74, 6) is 0. The SMILES string of the molecule is CCCCOCCOC1(CI)CCCC1. The van der Waals surface area contributed by atoms with Crippen LogP contribution in [-0.4, -0.2) is 29.8 Å². The van der Waals surface area contributed by atoms with Crippen LogP contribution in [0.25, 0.3) is 0 Å². The van der Waals surface area contributed by atoms with E-state index >= 15 is 0 Å². The van der Waals surface area contributed by atoms with Crippen LogP contribution in [0.5, 0.6) is 0 Å². The molecule has 0 amide bonds. The van der Waals surface area contributed by atoms with Gasteiger partial charge in [0.2, 0.25) is 0 Å². The van der Waals surface area contributed by atoms with E-state index in [1.807, 2.05) is 0 Å². The Morgan fingerprint density at radius 1 is 1.13 bits per heavy atom. The van der Waals surface area contributed by atoms with Crippen molar-refractivity contribution >= 4 is 22.6 Å². The fourth-order valence-electron chi connectivity index (χ4n) is 2.00. The monoisotopic (exact) mass is 326 g/mol. The highest BCUT2D eigenvalue weighted by Crippen LogP contribution is 2.34. The minimum Gasteiger partial charge on any atom is -0.379 e. The van der Waals surface area contributed by atoms with Gasteiger partial charge in [-0.15, -0.1) is 0 Å². The zero-order valence-corrected chi connectivity index (χ0v) is 11.9. The van der Waals surface area contributed by atoms with E-state index in [1.165, 1.54) is 32.1 Å². The van der Waals surface area contributed by atoms with Crippen LogP contribution < -0.4 is 0 Å². The predicted octanol–water partition coefficient (Wildman–Crippen LogP) is 3.57. The summed E-state index contributed by atoms with van der Waals surface area (Å²) in [4.78, 5) is 0. The van der Waals surface area contributed by atoms with Crippen LogP contribution in [-0.2, 0) is 9.47 Å². The zero-order chi connectivity index (χ0) is 11.0. The summed E-state index contributed by atoms with van der Waals surface area (Å²) in [6.07, 6.45) is 7.52. The molecule has 0 saturated heterocycles. The molecule has 0 aromatic carbocycles. The summed E-state index contributed by atoms with van der Waals surface area (Å²) in [6.45, 7) is 4.60. The molecule has 0 spiro atoms. The maximum Gasteiger partial charge on any atom is 0.0772 e. The number of halogens is 1. The molecule has 0 bridgehead atoms. The standard InChI is InChI=1S/C12H23IO2/c1-2-3-8-14-9-10-15-12(11-13)6-4-5-7-12/h2-11H2,1H3. The van der Waals surface area contributed by atoms with E-state index in [2.05, 4.69) is 29.5 Å². The second kappa shape index (κ2) is 7.85. The third-order valence-electron chi connectivity index (χ3n) is 3.04. The van der Waals surface area contributed by atoms with Gasteiger partial charge < -0.3 is 9.47 Å². The van der Waals surface area contributed by atoms with Gasteiger partial charge in [-0.2, -0.15) is 0 Å². The molecular formula is C12H23IO2. The molecule has 0 aromatic heterocycles. The van der Waals surface area contributed by atoms with Gasteiger partial charge in [0.15, 0.2) is 0 Å². The molecule has 2 nitrogen and oxygen atoms in total. The first-order chi connectivity index (χ1) is 7.33. The van der Waals surface area contributed by atoms with E-state index in [1.54, 1.807) is 0 Å².